The third-order valence-electron chi connectivity index (χ3n) is 5.98. The van der Waals surface area contributed by atoms with Crippen LogP contribution >= 0.6 is 0 Å². The van der Waals surface area contributed by atoms with E-state index >= 15 is 0 Å². The highest BCUT2D eigenvalue weighted by molar-refractivity contribution is 6.29. The highest BCUT2D eigenvalue weighted by Crippen LogP contribution is 2.48. The summed E-state index contributed by atoms with van der Waals surface area (Å²) in [7, 11) is 1.61. The fourth-order valence-electron chi connectivity index (χ4n) is 4.72. The predicted octanol–water partition coefficient (Wildman–Crippen LogP) is 5.08. The fraction of sp³-hybridized carbons (Fsp3) is 0.217. The van der Waals surface area contributed by atoms with Gasteiger partial charge in [-0.05, 0) is 36.4 Å². The van der Waals surface area contributed by atoms with Crippen LogP contribution in [0, 0.1) is 11.6 Å². The van der Waals surface area contributed by atoms with E-state index in [2.05, 4.69) is 14.9 Å². The average molecular weight is 407 g/mol. The number of hydrogen-bond acceptors (Lipinski definition) is 3. The lowest BCUT2D eigenvalue weighted by Crippen LogP contribution is -2.36. The molecule has 6 rings (SSSR count). The summed E-state index contributed by atoms with van der Waals surface area (Å²) in [5.41, 5.74) is 4.17. The minimum Gasteiger partial charge on any atom is -0.492 e. The molecule has 0 spiro atoms. The molecular weight excluding hydrogens is 388 g/mol. The van der Waals surface area contributed by atoms with Crippen LogP contribution in [-0.4, -0.2) is 43.4 Å². The summed E-state index contributed by atoms with van der Waals surface area (Å²) in [5, 5.41) is 3.30. The van der Waals surface area contributed by atoms with Gasteiger partial charge in [0, 0.05) is 45.7 Å². The molecule has 0 amide bonds. The number of H-pyrrole nitrogens is 2. The number of rotatable bonds is 2. The van der Waals surface area contributed by atoms with Crippen molar-refractivity contribution in [3.63, 3.8) is 0 Å². The number of aromatic nitrogens is 2. The number of morpholine rings is 1. The van der Waals surface area contributed by atoms with Crippen molar-refractivity contribution >= 4 is 49.3 Å². The lowest BCUT2D eigenvalue weighted by atomic mass is 10.0. The monoisotopic (exact) mass is 407 g/mol. The number of ether oxygens (including phenoxy) is 2. The molecule has 0 bridgehead atoms. The minimum atomic E-state index is -0.305. The Kier molecular flexibility index (Phi) is 3.70. The first-order valence-electron chi connectivity index (χ1n) is 9.90. The molecule has 30 heavy (non-hydrogen) atoms. The summed E-state index contributed by atoms with van der Waals surface area (Å²) in [6, 6.07) is 9.43. The van der Waals surface area contributed by atoms with E-state index in [-0.39, 0.29) is 11.6 Å². The van der Waals surface area contributed by atoms with Crippen molar-refractivity contribution in [2.24, 2.45) is 0 Å². The Balaban J connectivity index is 1.89. The maximum Gasteiger partial charge on any atom is 0.167 e. The fourth-order valence-corrected chi connectivity index (χ4v) is 4.72. The second kappa shape index (κ2) is 6.34. The Morgan fingerprint density at radius 3 is 1.90 bits per heavy atom. The van der Waals surface area contributed by atoms with Gasteiger partial charge >= 0.3 is 0 Å². The van der Waals surface area contributed by atoms with Crippen LogP contribution in [0.25, 0.3) is 43.6 Å². The number of hydrogen-bond donors (Lipinski definition) is 2. The Morgan fingerprint density at radius 1 is 0.867 bits per heavy atom. The first-order chi connectivity index (χ1) is 14.7. The van der Waals surface area contributed by atoms with E-state index in [1.54, 1.807) is 31.4 Å². The summed E-state index contributed by atoms with van der Waals surface area (Å²) in [6.07, 6.45) is 0. The first-order valence-corrected chi connectivity index (χ1v) is 9.90. The van der Waals surface area contributed by atoms with Gasteiger partial charge in [0.1, 0.15) is 11.6 Å². The Bertz CT molecular complexity index is 1350. The van der Waals surface area contributed by atoms with E-state index in [4.69, 9.17) is 9.47 Å². The molecule has 5 nitrogen and oxygen atoms in total. The largest absolute Gasteiger partial charge is 0.492 e. The van der Waals surface area contributed by atoms with Gasteiger partial charge in [-0.2, -0.15) is 0 Å². The number of methoxy groups -OCH3 is 1. The minimum absolute atomic E-state index is 0.305. The molecule has 1 aliphatic heterocycles. The maximum absolute atomic E-state index is 14.2. The Hall–Kier alpha value is -3.32. The van der Waals surface area contributed by atoms with Gasteiger partial charge in [0.05, 0.1) is 37.0 Å². The summed E-state index contributed by atoms with van der Waals surface area (Å²) in [5.74, 6) is 0.0194. The zero-order chi connectivity index (χ0) is 20.4. The van der Waals surface area contributed by atoms with Crippen LogP contribution in [0.2, 0.25) is 0 Å². The van der Waals surface area contributed by atoms with Gasteiger partial charge < -0.3 is 24.3 Å². The molecule has 1 aliphatic rings. The van der Waals surface area contributed by atoms with Gasteiger partial charge in [0.15, 0.2) is 5.75 Å². The van der Waals surface area contributed by atoms with Gasteiger partial charge in [0.2, 0.25) is 0 Å². The van der Waals surface area contributed by atoms with Crippen LogP contribution in [0.1, 0.15) is 0 Å². The van der Waals surface area contributed by atoms with E-state index in [1.165, 1.54) is 12.1 Å². The number of benzene rings is 3. The molecule has 2 aromatic heterocycles. The molecule has 0 aliphatic carbocycles. The molecule has 152 valence electrons. The summed E-state index contributed by atoms with van der Waals surface area (Å²) < 4.78 is 39.8. The van der Waals surface area contributed by atoms with Gasteiger partial charge in [-0.3, -0.25) is 0 Å². The van der Waals surface area contributed by atoms with E-state index < -0.39 is 0 Å². The van der Waals surface area contributed by atoms with Gasteiger partial charge in [0.25, 0.3) is 0 Å². The topological polar surface area (TPSA) is 53.3 Å². The third kappa shape index (κ3) is 2.35. The van der Waals surface area contributed by atoms with Crippen LogP contribution in [0.5, 0.6) is 5.75 Å². The molecule has 2 N–H and O–H groups in total. The molecule has 7 heteroatoms. The van der Waals surface area contributed by atoms with Gasteiger partial charge in [-0.15, -0.1) is 0 Å². The van der Waals surface area contributed by atoms with Gasteiger partial charge in [-0.25, -0.2) is 8.78 Å². The smallest absolute Gasteiger partial charge is 0.167 e. The van der Waals surface area contributed by atoms with Crippen molar-refractivity contribution in [1.82, 2.24) is 9.97 Å². The van der Waals surface area contributed by atoms with Crippen molar-refractivity contribution in [3.05, 3.63) is 48.0 Å². The van der Waals surface area contributed by atoms with Crippen molar-refractivity contribution in [2.75, 3.05) is 38.3 Å². The summed E-state index contributed by atoms with van der Waals surface area (Å²) in [6.45, 7) is 2.59. The predicted molar refractivity (Wildman–Crippen MR) is 115 cm³/mol. The number of halogens is 2. The molecule has 1 fully saturated rings. The van der Waals surface area contributed by atoms with Crippen LogP contribution in [0.15, 0.2) is 36.4 Å². The normalized spacial score (nSPS) is 15.1. The lowest BCUT2D eigenvalue weighted by molar-refractivity contribution is 0.123. The van der Waals surface area contributed by atoms with E-state index in [9.17, 15) is 8.78 Å². The molecule has 0 unspecified atom stereocenters. The molecule has 0 radical (unpaired) electrons. The zero-order valence-corrected chi connectivity index (χ0v) is 16.3. The maximum atomic E-state index is 14.2. The highest BCUT2D eigenvalue weighted by Gasteiger charge is 2.26. The highest BCUT2D eigenvalue weighted by atomic mass is 19.1. The van der Waals surface area contributed by atoms with Crippen LogP contribution < -0.4 is 9.64 Å². The number of nitrogens with one attached hydrogen (secondary N) is 2. The van der Waals surface area contributed by atoms with E-state index in [1.807, 2.05) is 0 Å². The van der Waals surface area contributed by atoms with Crippen LogP contribution in [-0.2, 0) is 4.74 Å². The quantitative estimate of drug-likeness (QED) is 0.429. The second-order valence-electron chi connectivity index (χ2n) is 7.61. The molecule has 3 heterocycles. The third-order valence-corrected chi connectivity index (χ3v) is 5.98. The first kappa shape index (κ1) is 17.5. The second-order valence-corrected chi connectivity index (χ2v) is 7.61. The molecular formula is C23H19F2N3O2. The zero-order valence-electron chi connectivity index (χ0n) is 16.3. The molecule has 5 aromatic rings. The molecule has 0 saturated carbocycles. The van der Waals surface area contributed by atoms with E-state index in [0.29, 0.717) is 32.1 Å². The van der Waals surface area contributed by atoms with Crippen molar-refractivity contribution in [2.45, 2.75) is 0 Å². The van der Waals surface area contributed by atoms with Crippen molar-refractivity contribution in [1.29, 1.82) is 0 Å². The Labute approximate surface area is 170 Å². The molecule has 1 saturated heterocycles. The molecule has 0 atom stereocenters. The summed E-state index contributed by atoms with van der Waals surface area (Å²) >= 11 is 0. The number of aromatic amines is 2. The van der Waals surface area contributed by atoms with Gasteiger partial charge in [-0.1, -0.05) is 0 Å². The average Bonchev–Trinajstić information content (AvgIpc) is 3.31. The van der Waals surface area contributed by atoms with Crippen LogP contribution in [0.4, 0.5) is 14.5 Å². The van der Waals surface area contributed by atoms with Crippen molar-refractivity contribution < 1.29 is 18.3 Å². The summed E-state index contributed by atoms with van der Waals surface area (Å²) in [4.78, 5) is 9.06. The lowest BCUT2D eigenvalue weighted by Gasteiger charge is -2.30. The van der Waals surface area contributed by atoms with Crippen molar-refractivity contribution in [3.8, 4) is 5.75 Å². The molecule has 3 aromatic carbocycles. The number of nitrogens with zero attached hydrogens (tertiary/aromatic N) is 1. The standard InChI is InChI=1S/C23H19F2N3O2/c1-29-23-20-18(14-10-12(24)2-4-16(14)26-20)22(28-6-8-30-9-7-28)19-15-11-13(25)3-5-17(15)27-21(19)23/h2-5,10-11,26-27H,6-9H2,1H3. The van der Waals surface area contributed by atoms with E-state index in [0.717, 1.165) is 49.3 Å². The SMILES string of the molecule is COc1c2[nH]c3ccc(F)cc3c2c(N2CCOCC2)c2c1[nH]c1ccc(F)cc12. The Morgan fingerprint density at radius 2 is 1.40 bits per heavy atom. The van der Waals surface area contributed by atoms with Crippen LogP contribution in [0.3, 0.4) is 0 Å². The number of anilines is 1. The number of fused-ring (bicyclic) bond motifs is 6.